The van der Waals surface area contributed by atoms with E-state index in [2.05, 4.69) is 4.72 Å². The average molecular weight is 369 g/mol. The highest BCUT2D eigenvalue weighted by Crippen LogP contribution is 2.34. The second-order valence-electron chi connectivity index (χ2n) is 5.10. The second kappa shape index (κ2) is 6.96. The van der Waals surface area contributed by atoms with E-state index in [0.717, 1.165) is 25.7 Å². The van der Waals surface area contributed by atoms with E-state index >= 15 is 0 Å². The first kappa shape index (κ1) is 17.2. The van der Waals surface area contributed by atoms with Gasteiger partial charge in [-0.1, -0.05) is 36.0 Å². The molecule has 21 heavy (non-hydrogen) atoms. The maximum Gasteiger partial charge on any atom is 0.243 e. The molecular formula is C13H18Cl2N2O2S2. The Morgan fingerprint density at radius 3 is 2.38 bits per heavy atom. The van der Waals surface area contributed by atoms with Gasteiger partial charge in [-0.05, 0) is 31.2 Å². The fraction of sp³-hybridized carbons (Fsp3) is 0.538. The molecule has 0 radical (unpaired) electrons. The van der Waals surface area contributed by atoms with Crippen LogP contribution in [0.4, 0.5) is 5.69 Å². The van der Waals surface area contributed by atoms with E-state index in [1.807, 2.05) is 6.26 Å². The Bertz CT molecular complexity index is 600. The molecular weight excluding hydrogens is 351 g/mol. The van der Waals surface area contributed by atoms with Crippen LogP contribution in [0.1, 0.15) is 25.7 Å². The monoisotopic (exact) mass is 368 g/mol. The number of hydrogen-bond donors (Lipinski definition) is 2. The minimum absolute atomic E-state index is 0.0454. The molecule has 3 N–H and O–H groups in total. The number of nitrogens with two attached hydrogens (primary N) is 1. The molecule has 4 nitrogen and oxygen atoms in total. The summed E-state index contributed by atoms with van der Waals surface area (Å²) in [6, 6.07) is 2.70. The lowest BCUT2D eigenvalue weighted by atomic mass is 9.96. The lowest BCUT2D eigenvalue weighted by molar-refractivity contribution is 0.423. The van der Waals surface area contributed by atoms with E-state index < -0.39 is 10.0 Å². The number of benzene rings is 1. The van der Waals surface area contributed by atoms with Gasteiger partial charge in [0, 0.05) is 17.0 Å². The quantitative estimate of drug-likeness (QED) is 0.797. The van der Waals surface area contributed by atoms with Crippen LogP contribution < -0.4 is 10.5 Å². The first-order valence-corrected chi connectivity index (χ1v) is 10.2. The molecule has 1 aliphatic carbocycles. The zero-order valence-electron chi connectivity index (χ0n) is 11.6. The van der Waals surface area contributed by atoms with Crippen molar-refractivity contribution in [2.24, 2.45) is 0 Å². The minimum atomic E-state index is -3.76. The first-order chi connectivity index (χ1) is 9.85. The molecule has 1 aromatic rings. The highest BCUT2D eigenvalue weighted by atomic mass is 35.5. The van der Waals surface area contributed by atoms with Crippen molar-refractivity contribution in [3.05, 3.63) is 22.2 Å². The molecule has 0 bridgehead atoms. The van der Waals surface area contributed by atoms with Gasteiger partial charge in [0.2, 0.25) is 10.0 Å². The number of hydrogen-bond acceptors (Lipinski definition) is 4. The Morgan fingerprint density at radius 2 is 1.81 bits per heavy atom. The molecule has 118 valence electrons. The summed E-state index contributed by atoms with van der Waals surface area (Å²) in [6.07, 6.45) is 5.99. The first-order valence-electron chi connectivity index (χ1n) is 6.65. The van der Waals surface area contributed by atoms with Gasteiger partial charge in [-0.25, -0.2) is 13.1 Å². The third kappa shape index (κ3) is 3.99. The molecule has 2 rings (SSSR count). The van der Waals surface area contributed by atoms with Gasteiger partial charge in [-0.2, -0.15) is 11.8 Å². The second-order valence-corrected chi connectivity index (χ2v) is 8.64. The van der Waals surface area contributed by atoms with Crippen LogP contribution in [0.15, 0.2) is 17.0 Å². The van der Waals surface area contributed by atoms with E-state index in [9.17, 15) is 8.42 Å². The van der Waals surface area contributed by atoms with Gasteiger partial charge < -0.3 is 5.73 Å². The summed E-state index contributed by atoms with van der Waals surface area (Å²) in [7, 11) is -3.76. The normalized spacial score (nSPS) is 23.2. The van der Waals surface area contributed by atoms with Crippen molar-refractivity contribution < 1.29 is 8.42 Å². The lowest BCUT2D eigenvalue weighted by Gasteiger charge is -2.30. The van der Waals surface area contributed by atoms with E-state index in [1.165, 1.54) is 12.1 Å². The number of nitrogen functional groups attached to an aromatic ring is 1. The van der Waals surface area contributed by atoms with E-state index in [4.69, 9.17) is 28.9 Å². The number of nitrogens with one attached hydrogen (secondary N) is 1. The SMILES string of the molecule is CSC1CCCCC1NS(=O)(=O)c1c(Cl)cc(N)cc1Cl. The van der Waals surface area contributed by atoms with Crippen LogP contribution in [-0.4, -0.2) is 26.0 Å². The van der Waals surface area contributed by atoms with Crippen LogP contribution in [0.2, 0.25) is 10.0 Å². The molecule has 8 heteroatoms. The number of anilines is 1. The minimum Gasteiger partial charge on any atom is -0.399 e. The van der Waals surface area contributed by atoms with Crippen LogP contribution in [0.5, 0.6) is 0 Å². The zero-order chi connectivity index (χ0) is 15.6. The molecule has 0 spiro atoms. The molecule has 2 unspecified atom stereocenters. The van der Waals surface area contributed by atoms with Gasteiger partial charge in [0.05, 0.1) is 10.0 Å². The van der Waals surface area contributed by atoms with Crippen LogP contribution in [0, 0.1) is 0 Å². The smallest absolute Gasteiger partial charge is 0.243 e. The van der Waals surface area contributed by atoms with Crippen molar-refractivity contribution in [2.45, 2.75) is 41.9 Å². The van der Waals surface area contributed by atoms with Gasteiger partial charge in [-0.3, -0.25) is 0 Å². The lowest BCUT2D eigenvalue weighted by Crippen LogP contribution is -2.43. The van der Waals surface area contributed by atoms with Gasteiger partial charge in [0.1, 0.15) is 4.90 Å². The summed E-state index contributed by atoms with van der Waals surface area (Å²) in [5, 5.41) is 0.368. The summed E-state index contributed by atoms with van der Waals surface area (Å²) in [5.41, 5.74) is 5.95. The third-order valence-corrected chi connectivity index (χ3v) is 7.18. The number of sulfonamides is 1. The van der Waals surface area contributed by atoms with Crippen LogP contribution in [0.25, 0.3) is 0 Å². The van der Waals surface area contributed by atoms with Gasteiger partial charge >= 0.3 is 0 Å². The Hall–Kier alpha value is -0.140. The maximum absolute atomic E-state index is 12.6. The number of halogens is 2. The maximum atomic E-state index is 12.6. The topological polar surface area (TPSA) is 72.2 Å². The van der Waals surface area contributed by atoms with Gasteiger partial charge in [0.15, 0.2) is 0 Å². The van der Waals surface area contributed by atoms with Crippen molar-refractivity contribution >= 4 is 50.7 Å². The van der Waals surface area contributed by atoms with Crippen molar-refractivity contribution in [1.29, 1.82) is 0 Å². The Morgan fingerprint density at radius 1 is 1.24 bits per heavy atom. The van der Waals surface area contributed by atoms with Crippen LogP contribution in [-0.2, 0) is 10.0 Å². The third-order valence-electron chi connectivity index (χ3n) is 3.60. The molecule has 0 heterocycles. The molecule has 0 aliphatic heterocycles. The molecule has 1 fully saturated rings. The molecule has 1 aliphatic rings. The molecule has 2 atom stereocenters. The van der Waals surface area contributed by atoms with Crippen molar-refractivity contribution in [3.63, 3.8) is 0 Å². The Balaban J connectivity index is 2.30. The fourth-order valence-corrected chi connectivity index (χ4v) is 6.17. The molecule has 1 saturated carbocycles. The largest absolute Gasteiger partial charge is 0.399 e. The summed E-state index contributed by atoms with van der Waals surface area (Å²) < 4.78 is 27.9. The highest BCUT2D eigenvalue weighted by molar-refractivity contribution is 7.99. The number of thioether (sulfide) groups is 1. The van der Waals surface area contributed by atoms with Gasteiger partial charge in [-0.15, -0.1) is 0 Å². The van der Waals surface area contributed by atoms with Crippen molar-refractivity contribution in [3.8, 4) is 0 Å². The van der Waals surface area contributed by atoms with Crippen LogP contribution >= 0.6 is 35.0 Å². The summed E-state index contributed by atoms with van der Waals surface area (Å²) in [5.74, 6) is 0. The Labute approximate surface area is 139 Å². The predicted octanol–water partition coefficient (Wildman–Crippen LogP) is 3.53. The number of rotatable bonds is 4. The summed E-state index contributed by atoms with van der Waals surface area (Å²) >= 11 is 13.7. The predicted molar refractivity (Wildman–Crippen MR) is 90.8 cm³/mol. The van der Waals surface area contributed by atoms with Crippen molar-refractivity contribution in [1.82, 2.24) is 4.72 Å². The highest BCUT2D eigenvalue weighted by Gasteiger charge is 2.31. The summed E-state index contributed by atoms with van der Waals surface area (Å²) in [6.45, 7) is 0. The Kier molecular flexibility index (Phi) is 5.71. The van der Waals surface area contributed by atoms with Crippen LogP contribution in [0.3, 0.4) is 0 Å². The fourth-order valence-electron chi connectivity index (χ4n) is 2.61. The molecule has 0 amide bonds. The molecule has 1 aromatic carbocycles. The van der Waals surface area contributed by atoms with E-state index in [1.54, 1.807) is 11.8 Å². The van der Waals surface area contributed by atoms with E-state index in [0.29, 0.717) is 5.69 Å². The van der Waals surface area contributed by atoms with E-state index in [-0.39, 0.29) is 26.2 Å². The molecule has 0 saturated heterocycles. The standard InChI is InChI=1S/C13H18Cl2N2O2S2/c1-20-12-5-3-2-4-11(12)17-21(18,19)13-9(14)6-8(16)7-10(13)15/h6-7,11-12,17H,2-5,16H2,1H3. The van der Waals surface area contributed by atoms with Gasteiger partial charge in [0.25, 0.3) is 0 Å². The van der Waals surface area contributed by atoms with Crippen molar-refractivity contribution in [2.75, 3.05) is 12.0 Å². The molecule has 0 aromatic heterocycles. The summed E-state index contributed by atoms with van der Waals surface area (Å²) in [4.78, 5) is -0.0922. The zero-order valence-corrected chi connectivity index (χ0v) is 14.7. The average Bonchev–Trinajstić information content (AvgIpc) is 2.37.